The van der Waals surface area contributed by atoms with Crippen molar-refractivity contribution < 1.29 is 14.3 Å². The number of ether oxygens (including phenoxy) is 1. The van der Waals surface area contributed by atoms with Crippen LogP contribution in [0.15, 0.2) is 23.0 Å². The third kappa shape index (κ3) is 3.43. The minimum atomic E-state index is 0.115. The smallest absolute Gasteiger partial charge is 0.184 e. The van der Waals surface area contributed by atoms with Gasteiger partial charge in [-0.25, -0.2) is 0 Å². The summed E-state index contributed by atoms with van der Waals surface area (Å²) in [6, 6.07) is 0. The molecule has 0 aromatic rings. The third-order valence-corrected chi connectivity index (χ3v) is 9.16. The van der Waals surface area contributed by atoms with Gasteiger partial charge >= 0.3 is 0 Å². The summed E-state index contributed by atoms with van der Waals surface area (Å²) < 4.78 is 6.01. The first-order valence-electron chi connectivity index (χ1n) is 12.0. The van der Waals surface area contributed by atoms with Crippen molar-refractivity contribution in [2.24, 2.45) is 28.6 Å². The molecule has 4 aliphatic carbocycles. The Morgan fingerprint density at radius 3 is 2.62 bits per heavy atom. The van der Waals surface area contributed by atoms with Crippen LogP contribution in [0.2, 0.25) is 0 Å². The van der Waals surface area contributed by atoms with Gasteiger partial charge in [0.25, 0.3) is 0 Å². The van der Waals surface area contributed by atoms with Crippen molar-refractivity contribution in [1.82, 2.24) is 0 Å². The van der Waals surface area contributed by atoms with E-state index in [1.54, 1.807) is 0 Å². The second-order valence-corrected chi connectivity index (χ2v) is 10.5. The van der Waals surface area contributed by atoms with E-state index in [1.165, 1.54) is 36.8 Å². The van der Waals surface area contributed by atoms with Gasteiger partial charge in [-0.2, -0.15) is 0 Å². The maximum absolute atomic E-state index is 12.0. The molecule has 0 aromatic carbocycles. The van der Waals surface area contributed by atoms with Crippen LogP contribution in [0.4, 0.5) is 0 Å². The molecule has 3 saturated carbocycles. The van der Waals surface area contributed by atoms with Gasteiger partial charge in [-0.05, 0) is 91.6 Å². The Morgan fingerprint density at radius 2 is 1.86 bits per heavy atom. The molecule has 0 unspecified atom stereocenters. The topological polar surface area (TPSA) is 43.4 Å². The number of allylic oxidation sites excluding steroid dienone is 3. The van der Waals surface area contributed by atoms with Gasteiger partial charge in [0.05, 0.1) is 6.61 Å². The molecule has 0 spiro atoms. The number of hydrogen-bond acceptors (Lipinski definition) is 3. The predicted molar refractivity (Wildman–Crippen MR) is 115 cm³/mol. The number of fused-ring (bicyclic) bond motifs is 5. The molecule has 0 bridgehead atoms. The van der Waals surface area contributed by atoms with Gasteiger partial charge in [0, 0.05) is 6.42 Å². The van der Waals surface area contributed by atoms with Gasteiger partial charge in [0.1, 0.15) is 0 Å². The Balaban J connectivity index is 1.57. The fourth-order valence-electron chi connectivity index (χ4n) is 7.50. The maximum Gasteiger partial charge on any atom is 0.184 e. The van der Waals surface area contributed by atoms with E-state index in [4.69, 9.17) is 4.74 Å². The van der Waals surface area contributed by atoms with E-state index in [1.807, 2.05) is 6.08 Å². The third-order valence-electron chi connectivity index (χ3n) is 9.16. The number of aldehydes is 1. The molecular formula is C26H38O3. The Hall–Kier alpha value is -1.38. The van der Waals surface area contributed by atoms with Crippen LogP contribution in [0, 0.1) is 28.6 Å². The van der Waals surface area contributed by atoms with Gasteiger partial charge in [-0.1, -0.05) is 39.2 Å². The molecular weight excluding hydrogens is 360 g/mol. The van der Waals surface area contributed by atoms with Crippen LogP contribution >= 0.6 is 0 Å². The summed E-state index contributed by atoms with van der Waals surface area (Å²) in [5.74, 6) is 3.04. The second kappa shape index (κ2) is 8.04. The molecule has 0 radical (unpaired) electrons. The Morgan fingerprint density at radius 1 is 1.07 bits per heavy atom. The Bertz CT molecular complexity index is 732. The summed E-state index contributed by atoms with van der Waals surface area (Å²) in [7, 11) is 0. The number of unbranched alkanes of at least 4 members (excludes halogenated alkanes) is 2. The first-order chi connectivity index (χ1) is 13.9. The average Bonchev–Trinajstić information content (AvgIpc) is 3.06. The summed E-state index contributed by atoms with van der Waals surface area (Å²) in [6.07, 6.45) is 14.9. The second-order valence-electron chi connectivity index (χ2n) is 10.5. The van der Waals surface area contributed by atoms with Crippen LogP contribution in [0.1, 0.15) is 91.4 Å². The SMILES string of the molecule is CCCCCOC(C=O)=C1CC[C@H]2[C@@H]3CCC4=CC(=O)CC[C@]4(C)[C@H]3CC[C@]12C. The first-order valence-corrected chi connectivity index (χ1v) is 12.0. The minimum Gasteiger partial charge on any atom is -0.490 e. The molecule has 0 aromatic heterocycles. The molecule has 4 rings (SSSR count). The molecule has 160 valence electrons. The van der Waals surface area contributed by atoms with Crippen molar-refractivity contribution in [2.45, 2.75) is 91.4 Å². The van der Waals surface area contributed by atoms with Gasteiger partial charge in [0.15, 0.2) is 17.8 Å². The van der Waals surface area contributed by atoms with E-state index in [-0.39, 0.29) is 10.8 Å². The van der Waals surface area contributed by atoms with Crippen molar-refractivity contribution in [2.75, 3.05) is 6.61 Å². The maximum atomic E-state index is 12.0. The number of carbonyl (C=O) groups excluding carboxylic acids is 2. The molecule has 5 atom stereocenters. The zero-order valence-electron chi connectivity index (χ0n) is 18.6. The first kappa shape index (κ1) is 20.9. The van der Waals surface area contributed by atoms with E-state index >= 15 is 0 Å². The van der Waals surface area contributed by atoms with Crippen molar-refractivity contribution in [3.63, 3.8) is 0 Å². The monoisotopic (exact) mass is 398 g/mol. The van der Waals surface area contributed by atoms with Crippen LogP contribution in [0.3, 0.4) is 0 Å². The van der Waals surface area contributed by atoms with E-state index in [9.17, 15) is 9.59 Å². The highest BCUT2D eigenvalue weighted by Gasteiger charge is 2.58. The minimum absolute atomic E-state index is 0.115. The molecule has 0 amide bonds. The number of ketones is 1. The summed E-state index contributed by atoms with van der Waals surface area (Å²) in [5, 5.41) is 0. The van der Waals surface area contributed by atoms with E-state index < -0.39 is 0 Å². The van der Waals surface area contributed by atoms with Gasteiger partial charge < -0.3 is 4.74 Å². The van der Waals surface area contributed by atoms with Crippen molar-refractivity contribution in [3.05, 3.63) is 23.0 Å². The summed E-state index contributed by atoms with van der Waals surface area (Å²) in [4.78, 5) is 23.9. The molecule has 3 nitrogen and oxygen atoms in total. The standard InChI is InChI=1S/C26H38O3/c1-4-5-6-15-29-24(17-27)23-10-9-21-20-8-7-18-16-19(28)11-13-25(18,2)22(20)12-14-26(21,23)3/h16-17,20-22H,4-15H2,1-3H3/t20-,21-,22-,25-,26-/m0/s1. The Kier molecular flexibility index (Phi) is 5.79. The largest absolute Gasteiger partial charge is 0.490 e. The van der Waals surface area contributed by atoms with E-state index in [0.717, 1.165) is 57.1 Å². The van der Waals surface area contributed by atoms with Crippen molar-refractivity contribution in [1.29, 1.82) is 0 Å². The lowest BCUT2D eigenvalue weighted by Gasteiger charge is -2.57. The molecule has 3 heteroatoms. The quantitative estimate of drug-likeness (QED) is 0.232. The van der Waals surface area contributed by atoms with Crippen molar-refractivity contribution in [3.8, 4) is 0 Å². The fraction of sp³-hybridized carbons (Fsp3) is 0.769. The highest BCUT2D eigenvalue weighted by Crippen LogP contribution is 2.66. The van der Waals surface area contributed by atoms with Crippen LogP contribution in [-0.4, -0.2) is 18.7 Å². The van der Waals surface area contributed by atoms with Crippen LogP contribution in [0.25, 0.3) is 0 Å². The lowest BCUT2D eigenvalue weighted by Crippen LogP contribution is -2.49. The zero-order valence-corrected chi connectivity index (χ0v) is 18.6. The van der Waals surface area contributed by atoms with Crippen molar-refractivity contribution >= 4 is 12.1 Å². The molecule has 0 saturated heterocycles. The van der Waals surface area contributed by atoms with E-state index in [0.29, 0.717) is 30.0 Å². The van der Waals surface area contributed by atoms with Gasteiger partial charge in [-0.15, -0.1) is 0 Å². The number of rotatable bonds is 6. The van der Waals surface area contributed by atoms with Gasteiger partial charge in [0.2, 0.25) is 0 Å². The lowest BCUT2D eigenvalue weighted by atomic mass is 9.47. The Labute approximate surface area is 176 Å². The molecule has 0 aliphatic heterocycles. The summed E-state index contributed by atoms with van der Waals surface area (Å²) >= 11 is 0. The normalized spacial score (nSPS) is 40.4. The highest BCUT2D eigenvalue weighted by atomic mass is 16.5. The highest BCUT2D eigenvalue weighted by molar-refractivity contribution is 5.91. The molecule has 0 heterocycles. The summed E-state index contributed by atoms with van der Waals surface area (Å²) in [6.45, 7) is 7.70. The molecule has 29 heavy (non-hydrogen) atoms. The fourth-order valence-corrected chi connectivity index (χ4v) is 7.50. The van der Waals surface area contributed by atoms with Gasteiger partial charge in [-0.3, -0.25) is 9.59 Å². The lowest BCUT2D eigenvalue weighted by molar-refractivity contribution is -0.117. The summed E-state index contributed by atoms with van der Waals surface area (Å²) in [5.41, 5.74) is 3.07. The predicted octanol–water partition coefficient (Wildman–Crippen LogP) is 6.18. The van der Waals surface area contributed by atoms with Crippen LogP contribution in [-0.2, 0) is 14.3 Å². The number of carbonyl (C=O) groups is 2. The number of hydrogen-bond donors (Lipinski definition) is 0. The average molecular weight is 399 g/mol. The molecule has 4 aliphatic rings. The molecule has 0 N–H and O–H groups in total. The van der Waals surface area contributed by atoms with Crippen LogP contribution < -0.4 is 0 Å². The van der Waals surface area contributed by atoms with E-state index in [2.05, 4.69) is 20.8 Å². The molecule has 3 fully saturated rings. The van der Waals surface area contributed by atoms with Crippen LogP contribution in [0.5, 0.6) is 0 Å². The zero-order chi connectivity index (χ0) is 20.6.